The Kier molecular flexibility index (Phi) is 6.95. The number of carbonyl (C=O) groups excluding carboxylic acids is 1. The minimum Gasteiger partial charge on any atom is -0.377 e. The molecule has 16 heavy (non-hydrogen) atoms. The van der Waals surface area contributed by atoms with E-state index >= 15 is 0 Å². The highest BCUT2D eigenvalue weighted by Crippen LogP contribution is 2.25. The van der Waals surface area contributed by atoms with Crippen LogP contribution in [0.1, 0.15) is 25.7 Å². The number of hydrogen-bond acceptors (Lipinski definition) is 3. The van der Waals surface area contributed by atoms with Crippen molar-refractivity contribution in [2.75, 3.05) is 34.3 Å². The lowest BCUT2D eigenvalue weighted by atomic mass is 9.89. The van der Waals surface area contributed by atoms with Gasteiger partial charge in [-0.05, 0) is 25.8 Å². The smallest absolute Gasteiger partial charge is 0.222 e. The second-order valence-electron chi connectivity index (χ2n) is 4.46. The lowest BCUT2D eigenvalue weighted by Crippen LogP contribution is -2.47. The number of carbonyl (C=O) groups is 1. The number of nitrogens with zero attached hydrogens (tertiary/aromatic N) is 1. The van der Waals surface area contributed by atoms with Crippen LogP contribution in [0.25, 0.3) is 0 Å². The molecule has 1 saturated heterocycles. The molecule has 1 amide bonds. The molecule has 5 heteroatoms. The highest BCUT2D eigenvalue weighted by molar-refractivity contribution is 5.85. The van der Waals surface area contributed by atoms with Gasteiger partial charge in [-0.1, -0.05) is 0 Å². The molecule has 0 bridgehead atoms. The minimum atomic E-state index is -0.121. The van der Waals surface area contributed by atoms with E-state index in [1.807, 2.05) is 0 Å². The van der Waals surface area contributed by atoms with Gasteiger partial charge in [0.1, 0.15) is 0 Å². The summed E-state index contributed by atoms with van der Waals surface area (Å²) in [6.07, 6.45) is 3.57. The summed E-state index contributed by atoms with van der Waals surface area (Å²) in [4.78, 5) is 13.1. The molecule has 1 aliphatic rings. The summed E-state index contributed by atoms with van der Waals surface area (Å²) in [6.45, 7) is 1.93. The van der Waals surface area contributed by atoms with Gasteiger partial charge in [-0.2, -0.15) is 0 Å². The molecule has 0 aromatic heterocycles. The Bertz CT molecular complexity index is 216. The quantitative estimate of drug-likeness (QED) is 0.811. The maximum absolute atomic E-state index is 11.5. The average Bonchev–Trinajstić information content (AvgIpc) is 2.27. The summed E-state index contributed by atoms with van der Waals surface area (Å²) in [5, 5.41) is 3.33. The largest absolute Gasteiger partial charge is 0.377 e. The van der Waals surface area contributed by atoms with Crippen LogP contribution in [-0.4, -0.2) is 50.7 Å². The van der Waals surface area contributed by atoms with Gasteiger partial charge in [0.05, 0.1) is 5.60 Å². The molecule has 1 atom stereocenters. The Morgan fingerprint density at radius 2 is 2.19 bits per heavy atom. The van der Waals surface area contributed by atoms with Gasteiger partial charge >= 0.3 is 0 Å². The maximum atomic E-state index is 11.5. The SMILES string of the molecule is COC1(CCC(=O)N(C)C)CCCNC1.Cl. The van der Waals surface area contributed by atoms with Crippen molar-refractivity contribution in [2.24, 2.45) is 0 Å². The highest BCUT2D eigenvalue weighted by Gasteiger charge is 2.32. The van der Waals surface area contributed by atoms with Crippen molar-refractivity contribution in [3.05, 3.63) is 0 Å². The number of methoxy groups -OCH3 is 1. The first-order valence-electron chi connectivity index (χ1n) is 5.56. The Balaban J connectivity index is 0.00000225. The number of ether oxygens (including phenoxy) is 1. The third kappa shape index (κ3) is 4.28. The van der Waals surface area contributed by atoms with Gasteiger partial charge in [0, 0.05) is 34.2 Å². The predicted molar refractivity (Wildman–Crippen MR) is 67.0 cm³/mol. The summed E-state index contributed by atoms with van der Waals surface area (Å²) < 4.78 is 5.58. The number of halogens is 1. The standard InChI is InChI=1S/C11H22N2O2.ClH/c1-13(2)10(14)5-7-11(15-3)6-4-8-12-9-11;/h12H,4-9H2,1-3H3;1H. The second-order valence-corrected chi connectivity index (χ2v) is 4.46. The van der Waals surface area contributed by atoms with Crippen molar-refractivity contribution in [2.45, 2.75) is 31.3 Å². The molecule has 1 heterocycles. The van der Waals surface area contributed by atoms with Crippen LogP contribution in [0.4, 0.5) is 0 Å². The van der Waals surface area contributed by atoms with Crippen molar-refractivity contribution in [1.29, 1.82) is 0 Å². The zero-order valence-electron chi connectivity index (χ0n) is 10.4. The van der Waals surface area contributed by atoms with Gasteiger partial charge in [-0.3, -0.25) is 4.79 Å². The minimum absolute atomic E-state index is 0. The molecule has 1 aliphatic heterocycles. The lowest BCUT2D eigenvalue weighted by molar-refractivity contribution is -0.130. The molecule has 0 saturated carbocycles. The molecule has 96 valence electrons. The molecule has 1 fully saturated rings. The first-order valence-corrected chi connectivity index (χ1v) is 5.56. The van der Waals surface area contributed by atoms with Gasteiger partial charge in [0.2, 0.25) is 5.91 Å². The molecule has 0 spiro atoms. The van der Waals surface area contributed by atoms with Crippen LogP contribution in [-0.2, 0) is 9.53 Å². The first kappa shape index (κ1) is 15.7. The molecule has 1 rings (SSSR count). The molecule has 0 aromatic carbocycles. The molecular weight excluding hydrogens is 228 g/mol. The van der Waals surface area contributed by atoms with E-state index in [-0.39, 0.29) is 23.9 Å². The van der Waals surface area contributed by atoms with Crippen molar-refractivity contribution in [3.63, 3.8) is 0 Å². The highest BCUT2D eigenvalue weighted by atomic mass is 35.5. The Morgan fingerprint density at radius 1 is 1.50 bits per heavy atom. The van der Waals surface area contributed by atoms with Crippen molar-refractivity contribution < 1.29 is 9.53 Å². The number of amides is 1. The van der Waals surface area contributed by atoms with Crippen LogP contribution in [0.3, 0.4) is 0 Å². The van der Waals surface area contributed by atoms with E-state index in [1.165, 1.54) is 0 Å². The summed E-state index contributed by atoms with van der Waals surface area (Å²) in [5.41, 5.74) is -0.121. The normalized spacial score (nSPS) is 24.7. The molecule has 0 radical (unpaired) electrons. The monoisotopic (exact) mass is 250 g/mol. The molecule has 0 aromatic rings. The summed E-state index contributed by atoms with van der Waals surface area (Å²) >= 11 is 0. The summed E-state index contributed by atoms with van der Waals surface area (Å²) in [7, 11) is 5.33. The van der Waals surface area contributed by atoms with E-state index in [2.05, 4.69) is 5.32 Å². The van der Waals surface area contributed by atoms with Crippen molar-refractivity contribution >= 4 is 18.3 Å². The number of piperidine rings is 1. The molecule has 0 aliphatic carbocycles. The van der Waals surface area contributed by atoms with E-state index in [9.17, 15) is 4.79 Å². The van der Waals surface area contributed by atoms with E-state index in [0.29, 0.717) is 6.42 Å². The maximum Gasteiger partial charge on any atom is 0.222 e. The van der Waals surface area contributed by atoms with Crippen molar-refractivity contribution in [3.8, 4) is 0 Å². The van der Waals surface area contributed by atoms with E-state index in [1.54, 1.807) is 26.1 Å². The van der Waals surface area contributed by atoms with Crippen LogP contribution in [0.5, 0.6) is 0 Å². The van der Waals surface area contributed by atoms with E-state index in [4.69, 9.17) is 4.74 Å². The number of nitrogens with one attached hydrogen (secondary N) is 1. The number of rotatable bonds is 4. The Hall–Kier alpha value is -0.320. The lowest BCUT2D eigenvalue weighted by Gasteiger charge is -2.36. The zero-order valence-corrected chi connectivity index (χ0v) is 11.2. The molecule has 1 N–H and O–H groups in total. The zero-order chi connectivity index (χ0) is 11.3. The Morgan fingerprint density at radius 3 is 2.62 bits per heavy atom. The third-order valence-electron chi connectivity index (χ3n) is 3.16. The fraction of sp³-hybridized carbons (Fsp3) is 0.909. The van der Waals surface area contributed by atoms with Crippen LogP contribution in [0, 0.1) is 0 Å². The summed E-state index contributed by atoms with van der Waals surface area (Å²) in [6, 6.07) is 0. The first-order chi connectivity index (χ1) is 7.09. The third-order valence-corrected chi connectivity index (χ3v) is 3.16. The van der Waals surface area contributed by atoms with Gasteiger partial charge in [-0.25, -0.2) is 0 Å². The topological polar surface area (TPSA) is 41.6 Å². The molecule has 1 unspecified atom stereocenters. The fourth-order valence-electron chi connectivity index (χ4n) is 1.99. The molecular formula is C11H23ClN2O2. The fourth-order valence-corrected chi connectivity index (χ4v) is 1.99. The Labute approximate surface area is 104 Å². The van der Waals surface area contributed by atoms with E-state index < -0.39 is 0 Å². The van der Waals surface area contributed by atoms with Crippen LogP contribution >= 0.6 is 12.4 Å². The molecule has 4 nitrogen and oxygen atoms in total. The van der Waals surface area contributed by atoms with Crippen LogP contribution < -0.4 is 5.32 Å². The average molecular weight is 251 g/mol. The predicted octanol–water partition coefficient (Wildman–Crippen LogP) is 1.05. The van der Waals surface area contributed by atoms with Crippen LogP contribution in [0.15, 0.2) is 0 Å². The van der Waals surface area contributed by atoms with Gasteiger partial charge in [0.15, 0.2) is 0 Å². The van der Waals surface area contributed by atoms with Crippen molar-refractivity contribution in [1.82, 2.24) is 10.2 Å². The van der Waals surface area contributed by atoms with Gasteiger partial charge < -0.3 is 15.0 Å². The van der Waals surface area contributed by atoms with Crippen LogP contribution in [0.2, 0.25) is 0 Å². The van der Waals surface area contributed by atoms with Gasteiger partial charge in [-0.15, -0.1) is 12.4 Å². The summed E-state index contributed by atoms with van der Waals surface area (Å²) in [5.74, 6) is 0.178. The number of hydrogen-bond donors (Lipinski definition) is 1. The van der Waals surface area contributed by atoms with Gasteiger partial charge in [0.25, 0.3) is 0 Å². The second kappa shape index (κ2) is 7.09. The van der Waals surface area contributed by atoms with E-state index in [0.717, 1.165) is 32.4 Å².